The zero-order chi connectivity index (χ0) is 20.0. The van der Waals surface area contributed by atoms with Crippen molar-refractivity contribution in [1.29, 1.82) is 0 Å². The van der Waals surface area contributed by atoms with Crippen LogP contribution in [0.5, 0.6) is 0 Å². The monoisotopic (exact) mass is 448 g/mol. The molecule has 1 aliphatic rings. The number of amides is 1. The minimum Gasteiger partial charge on any atom is -0.456 e. The van der Waals surface area contributed by atoms with Gasteiger partial charge in [0.1, 0.15) is 11.2 Å². The maximum Gasteiger partial charge on any atom is 0.254 e. The Labute approximate surface area is 177 Å². The van der Waals surface area contributed by atoms with Crippen LogP contribution in [-0.4, -0.2) is 37.0 Å². The minimum atomic E-state index is 0.0874. The minimum absolute atomic E-state index is 0.0874. The number of carbonyl (C=O) groups is 1. The smallest absolute Gasteiger partial charge is 0.254 e. The van der Waals surface area contributed by atoms with Crippen molar-refractivity contribution in [1.82, 2.24) is 4.90 Å². The van der Waals surface area contributed by atoms with E-state index in [0.29, 0.717) is 0 Å². The molecule has 0 unspecified atom stereocenters. The molecule has 4 nitrogen and oxygen atoms in total. The largest absolute Gasteiger partial charge is 0.456 e. The van der Waals surface area contributed by atoms with Gasteiger partial charge >= 0.3 is 0 Å². The van der Waals surface area contributed by atoms with Crippen molar-refractivity contribution in [3.05, 3.63) is 76.3 Å². The summed E-state index contributed by atoms with van der Waals surface area (Å²) in [5.41, 5.74) is 4.88. The lowest BCUT2D eigenvalue weighted by molar-refractivity contribution is 0.0747. The number of benzene rings is 3. The molecule has 146 valence electrons. The second-order valence-corrected chi connectivity index (χ2v) is 8.43. The van der Waals surface area contributed by atoms with Gasteiger partial charge in [-0.15, -0.1) is 0 Å². The first-order chi connectivity index (χ1) is 14.1. The molecule has 1 amide bonds. The van der Waals surface area contributed by atoms with Gasteiger partial charge in [0.25, 0.3) is 5.91 Å². The van der Waals surface area contributed by atoms with E-state index in [1.807, 2.05) is 47.4 Å². The summed E-state index contributed by atoms with van der Waals surface area (Å²) < 4.78 is 6.97. The Hall–Kier alpha value is -2.79. The summed E-state index contributed by atoms with van der Waals surface area (Å²) in [4.78, 5) is 17.4. The van der Waals surface area contributed by atoms with Gasteiger partial charge in [-0.1, -0.05) is 34.1 Å². The summed E-state index contributed by atoms with van der Waals surface area (Å²) in [6.07, 6.45) is 0. The molecule has 2 heterocycles. The maximum atomic E-state index is 13.1. The van der Waals surface area contributed by atoms with E-state index in [1.54, 1.807) is 0 Å². The summed E-state index contributed by atoms with van der Waals surface area (Å²) in [6, 6.07) is 20.1. The summed E-state index contributed by atoms with van der Waals surface area (Å²) in [5, 5.41) is 2.04. The fraction of sp³-hybridized carbons (Fsp3) is 0.208. The van der Waals surface area contributed by atoms with E-state index >= 15 is 0 Å². The zero-order valence-corrected chi connectivity index (χ0v) is 17.8. The van der Waals surface area contributed by atoms with Gasteiger partial charge in [0.05, 0.1) is 0 Å². The van der Waals surface area contributed by atoms with Crippen LogP contribution in [0.4, 0.5) is 5.69 Å². The topological polar surface area (TPSA) is 36.7 Å². The standard InChI is InChI=1S/C24H21BrN2O2/c1-16-14-18(25)7-8-21(16)26-10-12-27(13-11-26)24(28)17-6-9-23-20(15-17)19-4-2-3-5-22(19)29-23/h2-9,14-15H,10-13H2,1H3. The van der Waals surface area contributed by atoms with E-state index in [4.69, 9.17) is 4.42 Å². The highest BCUT2D eigenvalue weighted by Gasteiger charge is 2.23. The van der Waals surface area contributed by atoms with Crippen molar-refractivity contribution in [2.45, 2.75) is 6.92 Å². The van der Waals surface area contributed by atoms with Crippen LogP contribution in [0.25, 0.3) is 21.9 Å². The number of nitrogens with zero attached hydrogens (tertiary/aromatic N) is 2. The average Bonchev–Trinajstić information content (AvgIpc) is 3.11. The number of hydrogen-bond donors (Lipinski definition) is 0. The molecule has 4 aromatic rings. The molecular weight excluding hydrogens is 428 g/mol. The molecule has 0 spiro atoms. The number of aryl methyl sites for hydroxylation is 1. The molecule has 5 heteroatoms. The van der Waals surface area contributed by atoms with Crippen LogP contribution in [0, 0.1) is 6.92 Å². The summed E-state index contributed by atoms with van der Waals surface area (Å²) >= 11 is 3.53. The van der Waals surface area contributed by atoms with Crippen molar-refractivity contribution < 1.29 is 9.21 Å². The van der Waals surface area contributed by atoms with Crippen LogP contribution in [0.3, 0.4) is 0 Å². The van der Waals surface area contributed by atoms with Crippen LogP contribution in [-0.2, 0) is 0 Å². The normalized spacial score (nSPS) is 14.7. The number of anilines is 1. The van der Waals surface area contributed by atoms with Gasteiger partial charge in [-0.25, -0.2) is 0 Å². The SMILES string of the molecule is Cc1cc(Br)ccc1N1CCN(C(=O)c2ccc3oc4ccccc4c3c2)CC1. The molecule has 1 saturated heterocycles. The van der Waals surface area contributed by atoms with E-state index in [-0.39, 0.29) is 5.91 Å². The lowest BCUT2D eigenvalue weighted by Crippen LogP contribution is -2.49. The van der Waals surface area contributed by atoms with E-state index in [9.17, 15) is 4.79 Å². The Balaban J connectivity index is 1.36. The number of furan rings is 1. The van der Waals surface area contributed by atoms with Crippen molar-refractivity contribution in [2.24, 2.45) is 0 Å². The number of halogens is 1. The molecule has 0 saturated carbocycles. The van der Waals surface area contributed by atoms with E-state index < -0.39 is 0 Å². The molecule has 0 radical (unpaired) electrons. The maximum absolute atomic E-state index is 13.1. The van der Waals surface area contributed by atoms with Crippen molar-refractivity contribution in [3.63, 3.8) is 0 Å². The first-order valence-corrected chi connectivity index (χ1v) is 10.6. The fourth-order valence-electron chi connectivity index (χ4n) is 4.17. The van der Waals surface area contributed by atoms with Crippen LogP contribution in [0.1, 0.15) is 15.9 Å². The van der Waals surface area contributed by atoms with Gasteiger partial charge < -0.3 is 14.2 Å². The van der Waals surface area contributed by atoms with Crippen LogP contribution >= 0.6 is 15.9 Å². The predicted octanol–water partition coefficient (Wildman–Crippen LogP) is 5.62. The second kappa shape index (κ2) is 7.23. The van der Waals surface area contributed by atoms with E-state index in [0.717, 1.165) is 58.2 Å². The molecule has 5 rings (SSSR count). The molecule has 0 N–H and O–H groups in total. The third-order valence-corrected chi connectivity index (χ3v) is 6.18. The van der Waals surface area contributed by atoms with Crippen molar-refractivity contribution in [3.8, 4) is 0 Å². The Morgan fingerprint density at radius 2 is 1.66 bits per heavy atom. The van der Waals surface area contributed by atoms with Gasteiger partial charge in [-0.2, -0.15) is 0 Å². The average molecular weight is 449 g/mol. The third kappa shape index (κ3) is 3.29. The number of piperazine rings is 1. The molecule has 1 fully saturated rings. The van der Waals surface area contributed by atoms with Crippen molar-refractivity contribution >= 4 is 49.5 Å². The summed E-state index contributed by atoms with van der Waals surface area (Å²) in [7, 11) is 0. The Morgan fingerprint density at radius 3 is 2.45 bits per heavy atom. The number of hydrogen-bond acceptors (Lipinski definition) is 3. The molecule has 1 aliphatic heterocycles. The number of carbonyl (C=O) groups excluding carboxylic acids is 1. The van der Waals surface area contributed by atoms with Crippen LogP contribution < -0.4 is 4.90 Å². The molecule has 3 aromatic carbocycles. The van der Waals surface area contributed by atoms with Gasteiger partial charge in [0.15, 0.2) is 0 Å². The fourth-order valence-corrected chi connectivity index (χ4v) is 4.64. The Morgan fingerprint density at radius 1 is 0.897 bits per heavy atom. The van der Waals surface area contributed by atoms with Crippen LogP contribution in [0.15, 0.2) is 69.6 Å². The number of fused-ring (bicyclic) bond motifs is 3. The Kier molecular flexibility index (Phi) is 4.55. The molecule has 29 heavy (non-hydrogen) atoms. The number of para-hydroxylation sites is 1. The highest BCUT2D eigenvalue weighted by atomic mass is 79.9. The zero-order valence-electron chi connectivity index (χ0n) is 16.2. The second-order valence-electron chi connectivity index (χ2n) is 7.52. The summed E-state index contributed by atoms with van der Waals surface area (Å²) in [6.45, 7) is 5.25. The van der Waals surface area contributed by atoms with Crippen molar-refractivity contribution in [2.75, 3.05) is 31.1 Å². The van der Waals surface area contributed by atoms with Crippen LogP contribution in [0.2, 0.25) is 0 Å². The summed E-state index contributed by atoms with van der Waals surface area (Å²) in [5.74, 6) is 0.0874. The first kappa shape index (κ1) is 18.3. The van der Waals surface area contributed by atoms with E-state index in [1.165, 1.54) is 11.3 Å². The van der Waals surface area contributed by atoms with Gasteiger partial charge in [-0.3, -0.25) is 4.79 Å². The lowest BCUT2D eigenvalue weighted by atomic mass is 10.1. The highest BCUT2D eigenvalue weighted by molar-refractivity contribution is 9.10. The molecule has 0 bridgehead atoms. The molecule has 0 atom stereocenters. The lowest BCUT2D eigenvalue weighted by Gasteiger charge is -2.37. The Bertz CT molecular complexity index is 1220. The van der Waals surface area contributed by atoms with Gasteiger partial charge in [-0.05, 0) is 55.0 Å². The van der Waals surface area contributed by atoms with Gasteiger partial charge in [0, 0.05) is 52.7 Å². The molecule has 0 aliphatic carbocycles. The van der Waals surface area contributed by atoms with E-state index in [2.05, 4.69) is 46.0 Å². The highest BCUT2D eigenvalue weighted by Crippen LogP contribution is 2.30. The predicted molar refractivity (Wildman–Crippen MR) is 121 cm³/mol. The first-order valence-electron chi connectivity index (χ1n) is 9.82. The molecular formula is C24H21BrN2O2. The van der Waals surface area contributed by atoms with Gasteiger partial charge in [0.2, 0.25) is 0 Å². The quantitative estimate of drug-likeness (QED) is 0.399. The molecule has 1 aromatic heterocycles. The third-order valence-electron chi connectivity index (χ3n) is 5.69. The number of rotatable bonds is 2.